The minimum atomic E-state index is -0.413. The van der Waals surface area contributed by atoms with Crippen molar-refractivity contribution < 1.29 is 14.3 Å². The third-order valence-electron chi connectivity index (χ3n) is 4.04. The van der Waals surface area contributed by atoms with E-state index in [9.17, 15) is 9.59 Å². The predicted molar refractivity (Wildman–Crippen MR) is 94.2 cm³/mol. The fourth-order valence-electron chi connectivity index (χ4n) is 2.89. The number of para-hydroxylation sites is 1. The Morgan fingerprint density at radius 2 is 2.00 bits per heavy atom. The van der Waals surface area contributed by atoms with E-state index in [-0.39, 0.29) is 0 Å². The van der Waals surface area contributed by atoms with Gasteiger partial charge in [0, 0.05) is 17.5 Å². The average Bonchev–Trinajstić information content (AvgIpc) is 3.16. The number of benzene rings is 1. The molecule has 0 saturated carbocycles. The van der Waals surface area contributed by atoms with Gasteiger partial charge in [0.15, 0.2) is 6.29 Å². The summed E-state index contributed by atoms with van der Waals surface area (Å²) in [6.07, 6.45) is 2.46. The van der Waals surface area contributed by atoms with Gasteiger partial charge in [0.1, 0.15) is 11.4 Å². The topological polar surface area (TPSA) is 77.0 Å². The van der Waals surface area contributed by atoms with Gasteiger partial charge in [-0.2, -0.15) is 5.10 Å². The number of rotatable bonds is 5. The molecule has 128 valence electrons. The van der Waals surface area contributed by atoms with Crippen LogP contribution in [0.4, 0.5) is 0 Å². The monoisotopic (exact) mass is 337 g/mol. The number of nitrogens with zero attached hydrogens (tertiary/aromatic N) is 2. The number of esters is 1. The van der Waals surface area contributed by atoms with Crippen LogP contribution in [0.15, 0.2) is 36.5 Å². The van der Waals surface area contributed by atoms with Crippen molar-refractivity contribution in [1.82, 2.24) is 14.8 Å². The molecule has 0 unspecified atom stereocenters. The molecule has 25 heavy (non-hydrogen) atoms. The Labute approximate surface area is 145 Å². The molecule has 0 atom stereocenters. The normalized spacial score (nSPS) is 10.7. The lowest BCUT2D eigenvalue weighted by molar-refractivity contribution is 0.0519. The summed E-state index contributed by atoms with van der Waals surface area (Å²) in [4.78, 5) is 26.7. The highest BCUT2D eigenvalue weighted by Crippen LogP contribution is 2.31. The molecular weight excluding hydrogens is 318 g/mol. The van der Waals surface area contributed by atoms with Gasteiger partial charge in [0.2, 0.25) is 0 Å². The van der Waals surface area contributed by atoms with E-state index < -0.39 is 5.97 Å². The van der Waals surface area contributed by atoms with Crippen LogP contribution < -0.4 is 0 Å². The highest BCUT2D eigenvalue weighted by molar-refractivity contribution is 5.94. The Hall–Kier alpha value is -3.15. The Balaban J connectivity index is 2.12. The Morgan fingerprint density at radius 3 is 2.64 bits per heavy atom. The zero-order valence-corrected chi connectivity index (χ0v) is 14.4. The number of aromatic amines is 1. The van der Waals surface area contributed by atoms with Gasteiger partial charge in [-0.3, -0.25) is 4.79 Å². The standard InChI is InChI=1S/C19H19N3O3/c1-4-25-19(24)17-12(2)16(13(3)20-17)18-14(11-23)10-22(21-18)15-8-6-5-7-9-15/h5-11,20H,4H2,1-3H3. The quantitative estimate of drug-likeness (QED) is 0.571. The molecule has 0 aliphatic rings. The largest absolute Gasteiger partial charge is 0.461 e. The van der Waals surface area contributed by atoms with Crippen molar-refractivity contribution in [3.8, 4) is 16.9 Å². The van der Waals surface area contributed by atoms with Crippen LogP contribution in [0.5, 0.6) is 0 Å². The van der Waals surface area contributed by atoms with Crippen LogP contribution in [0.1, 0.15) is 39.0 Å². The Kier molecular flexibility index (Phi) is 4.52. The van der Waals surface area contributed by atoms with Gasteiger partial charge in [-0.05, 0) is 38.5 Å². The summed E-state index contributed by atoms with van der Waals surface area (Å²) >= 11 is 0. The molecule has 3 aromatic rings. The molecule has 6 nitrogen and oxygen atoms in total. The fourth-order valence-corrected chi connectivity index (χ4v) is 2.89. The van der Waals surface area contributed by atoms with Gasteiger partial charge in [-0.25, -0.2) is 9.48 Å². The average molecular weight is 337 g/mol. The third-order valence-corrected chi connectivity index (χ3v) is 4.04. The van der Waals surface area contributed by atoms with Crippen LogP contribution in [0, 0.1) is 13.8 Å². The minimum Gasteiger partial charge on any atom is -0.461 e. The van der Waals surface area contributed by atoms with E-state index in [1.165, 1.54) is 0 Å². The number of aryl methyl sites for hydroxylation is 1. The predicted octanol–water partition coefficient (Wildman–Crippen LogP) is 3.47. The molecule has 0 fully saturated rings. The van der Waals surface area contributed by atoms with Crippen molar-refractivity contribution in [1.29, 1.82) is 0 Å². The van der Waals surface area contributed by atoms with Crippen LogP contribution in [0.3, 0.4) is 0 Å². The summed E-state index contributed by atoms with van der Waals surface area (Å²) < 4.78 is 6.74. The highest BCUT2D eigenvalue weighted by Gasteiger charge is 2.23. The van der Waals surface area contributed by atoms with Crippen molar-refractivity contribution in [2.24, 2.45) is 0 Å². The minimum absolute atomic E-state index is 0.300. The lowest BCUT2D eigenvalue weighted by atomic mass is 10.0. The van der Waals surface area contributed by atoms with Crippen LogP contribution in [0.25, 0.3) is 16.9 Å². The second kappa shape index (κ2) is 6.76. The van der Waals surface area contributed by atoms with Crippen molar-refractivity contribution in [3.05, 3.63) is 59.0 Å². The maximum atomic E-state index is 12.1. The first kappa shape index (κ1) is 16.7. The molecule has 0 aliphatic heterocycles. The number of carbonyl (C=O) groups excluding carboxylic acids is 2. The lowest BCUT2D eigenvalue weighted by Crippen LogP contribution is -2.06. The summed E-state index contributed by atoms with van der Waals surface area (Å²) in [6, 6.07) is 9.55. The molecule has 3 rings (SSSR count). The number of H-pyrrole nitrogens is 1. The van der Waals surface area contributed by atoms with E-state index in [0.29, 0.717) is 23.6 Å². The first-order chi connectivity index (χ1) is 12.1. The van der Waals surface area contributed by atoms with E-state index in [4.69, 9.17) is 4.74 Å². The first-order valence-electron chi connectivity index (χ1n) is 8.03. The molecule has 0 saturated heterocycles. The summed E-state index contributed by atoms with van der Waals surface area (Å²) in [5.74, 6) is -0.413. The second-order valence-electron chi connectivity index (χ2n) is 5.68. The molecular formula is C19H19N3O3. The summed E-state index contributed by atoms with van der Waals surface area (Å²) in [5.41, 5.74) is 4.48. The van der Waals surface area contributed by atoms with Crippen molar-refractivity contribution in [2.75, 3.05) is 6.61 Å². The van der Waals surface area contributed by atoms with Crippen molar-refractivity contribution in [2.45, 2.75) is 20.8 Å². The zero-order chi connectivity index (χ0) is 18.0. The van der Waals surface area contributed by atoms with Crippen molar-refractivity contribution >= 4 is 12.3 Å². The van der Waals surface area contributed by atoms with Crippen LogP contribution in [-0.4, -0.2) is 33.6 Å². The summed E-state index contributed by atoms with van der Waals surface area (Å²) in [5, 5.41) is 4.58. The smallest absolute Gasteiger partial charge is 0.355 e. The van der Waals surface area contributed by atoms with E-state index in [1.54, 1.807) is 17.8 Å². The van der Waals surface area contributed by atoms with E-state index in [0.717, 1.165) is 28.8 Å². The van der Waals surface area contributed by atoms with E-state index in [2.05, 4.69) is 10.1 Å². The van der Waals surface area contributed by atoms with Gasteiger partial charge < -0.3 is 9.72 Å². The Morgan fingerprint density at radius 1 is 1.28 bits per heavy atom. The van der Waals surface area contributed by atoms with E-state index >= 15 is 0 Å². The third kappa shape index (κ3) is 2.98. The molecule has 1 N–H and O–H groups in total. The lowest BCUT2D eigenvalue weighted by Gasteiger charge is -2.02. The fraction of sp³-hybridized carbons (Fsp3) is 0.211. The van der Waals surface area contributed by atoms with Gasteiger partial charge in [-0.1, -0.05) is 18.2 Å². The van der Waals surface area contributed by atoms with Gasteiger partial charge in [0.25, 0.3) is 0 Å². The molecule has 1 aromatic carbocycles. The zero-order valence-electron chi connectivity index (χ0n) is 14.4. The number of nitrogens with one attached hydrogen (secondary N) is 1. The maximum absolute atomic E-state index is 12.1. The van der Waals surface area contributed by atoms with Crippen molar-refractivity contribution in [3.63, 3.8) is 0 Å². The van der Waals surface area contributed by atoms with Crippen LogP contribution in [0.2, 0.25) is 0 Å². The Bertz CT molecular complexity index is 923. The molecule has 0 aliphatic carbocycles. The van der Waals surface area contributed by atoms with Crippen LogP contribution >= 0.6 is 0 Å². The highest BCUT2D eigenvalue weighted by atomic mass is 16.5. The molecule has 0 amide bonds. The number of hydrogen-bond donors (Lipinski definition) is 1. The molecule has 0 spiro atoms. The summed E-state index contributed by atoms with van der Waals surface area (Å²) in [7, 11) is 0. The first-order valence-corrected chi connectivity index (χ1v) is 8.03. The summed E-state index contributed by atoms with van der Waals surface area (Å²) in [6.45, 7) is 5.73. The maximum Gasteiger partial charge on any atom is 0.355 e. The number of aromatic nitrogens is 3. The number of hydrogen-bond acceptors (Lipinski definition) is 4. The molecule has 0 radical (unpaired) electrons. The molecule has 2 heterocycles. The van der Waals surface area contributed by atoms with Gasteiger partial charge in [-0.15, -0.1) is 0 Å². The molecule has 2 aromatic heterocycles. The number of aldehydes is 1. The second-order valence-corrected chi connectivity index (χ2v) is 5.68. The SMILES string of the molecule is CCOC(=O)c1[nH]c(C)c(-c2nn(-c3ccccc3)cc2C=O)c1C. The van der Waals surface area contributed by atoms with Gasteiger partial charge in [0.05, 0.1) is 17.9 Å². The molecule has 0 bridgehead atoms. The van der Waals surface area contributed by atoms with E-state index in [1.807, 2.05) is 44.2 Å². The molecule has 6 heteroatoms. The number of carbonyl (C=O) groups is 2. The van der Waals surface area contributed by atoms with Crippen LogP contribution in [-0.2, 0) is 4.74 Å². The van der Waals surface area contributed by atoms with Gasteiger partial charge >= 0.3 is 5.97 Å². The number of ether oxygens (including phenoxy) is 1.